The summed E-state index contributed by atoms with van der Waals surface area (Å²) in [5.41, 5.74) is -2.02. The monoisotopic (exact) mass is 448 g/mol. The third kappa shape index (κ3) is 4.07. The maximum Gasteiger partial charge on any atom is 0.419 e. The molecular formula is C19H18F6N4O2. The second kappa shape index (κ2) is 7.41. The lowest BCUT2D eigenvalue weighted by Crippen LogP contribution is -2.42. The molecule has 3 heterocycles. The van der Waals surface area contributed by atoms with Crippen LogP contribution in [0.1, 0.15) is 42.3 Å². The predicted molar refractivity (Wildman–Crippen MR) is 95.1 cm³/mol. The molecule has 0 N–H and O–H groups in total. The number of halogens is 6. The highest BCUT2D eigenvalue weighted by molar-refractivity contribution is 5.81. The molecule has 1 saturated heterocycles. The van der Waals surface area contributed by atoms with E-state index in [9.17, 15) is 35.9 Å². The second-order valence-corrected chi connectivity index (χ2v) is 7.81. The van der Waals surface area contributed by atoms with Crippen LogP contribution in [0.15, 0.2) is 23.0 Å². The molecule has 0 saturated carbocycles. The summed E-state index contributed by atoms with van der Waals surface area (Å²) in [6.07, 6.45) is -4.09. The van der Waals surface area contributed by atoms with Crippen LogP contribution in [0.4, 0.5) is 26.3 Å². The highest BCUT2D eigenvalue weighted by Gasteiger charge is 2.43. The van der Waals surface area contributed by atoms with Crippen molar-refractivity contribution in [2.45, 2.75) is 50.4 Å². The number of hydrogen-bond acceptors (Lipinski definition) is 3. The molecule has 6 nitrogen and oxygen atoms in total. The summed E-state index contributed by atoms with van der Waals surface area (Å²) < 4.78 is 81.1. The Balaban J connectivity index is 1.60. The molecule has 2 aliphatic heterocycles. The van der Waals surface area contributed by atoms with E-state index < -0.39 is 54.1 Å². The van der Waals surface area contributed by atoms with E-state index in [0.717, 1.165) is 20.2 Å². The Hall–Kier alpha value is -2.79. The Morgan fingerprint density at radius 1 is 1.26 bits per heavy atom. The SMILES string of the molecule is O=C([C@@H]1CCCc2nn(Cc3ccc(C(F)(F)F)c(F)c3)c(=O)n21)N1CCC(F)(F)C1. The van der Waals surface area contributed by atoms with Gasteiger partial charge in [0.15, 0.2) is 0 Å². The summed E-state index contributed by atoms with van der Waals surface area (Å²) in [5.74, 6) is -4.73. The Morgan fingerprint density at radius 3 is 2.61 bits per heavy atom. The van der Waals surface area contributed by atoms with Crippen molar-refractivity contribution in [2.75, 3.05) is 13.1 Å². The van der Waals surface area contributed by atoms with Gasteiger partial charge in [-0.25, -0.2) is 22.6 Å². The van der Waals surface area contributed by atoms with Gasteiger partial charge in [0.05, 0.1) is 18.7 Å². The van der Waals surface area contributed by atoms with Crippen LogP contribution in [0.5, 0.6) is 0 Å². The molecule has 1 amide bonds. The highest BCUT2D eigenvalue weighted by atomic mass is 19.4. The van der Waals surface area contributed by atoms with E-state index in [2.05, 4.69) is 5.10 Å². The maximum atomic E-state index is 13.8. The molecule has 2 aliphatic rings. The van der Waals surface area contributed by atoms with E-state index >= 15 is 0 Å². The maximum absolute atomic E-state index is 13.8. The number of aromatic nitrogens is 3. The fraction of sp³-hybridized carbons (Fsp3) is 0.526. The molecule has 0 bridgehead atoms. The number of likely N-dealkylation sites (tertiary alicyclic amines) is 1. The van der Waals surface area contributed by atoms with E-state index in [4.69, 9.17) is 0 Å². The Morgan fingerprint density at radius 2 is 2.00 bits per heavy atom. The predicted octanol–water partition coefficient (Wildman–Crippen LogP) is 3.00. The van der Waals surface area contributed by atoms with Gasteiger partial charge in [-0.05, 0) is 30.5 Å². The quantitative estimate of drug-likeness (QED) is 0.679. The van der Waals surface area contributed by atoms with Gasteiger partial charge < -0.3 is 4.90 Å². The summed E-state index contributed by atoms with van der Waals surface area (Å²) in [6.45, 7) is -1.10. The Kier molecular flexibility index (Phi) is 5.13. The summed E-state index contributed by atoms with van der Waals surface area (Å²) in [7, 11) is 0. The van der Waals surface area contributed by atoms with Crippen LogP contribution in [0.2, 0.25) is 0 Å². The summed E-state index contributed by atoms with van der Waals surface area (Å²) in [4.78, 5) is 26.7. The van der Waals surface area contributed by atoms with Crippen LogP contribution in [-0.2, 0) is 23.9 Å². The van der Waals surface area contributed by atoms with Crippen LogP contribution < -0.4 is 5.69 Å². The highest BCUT2D eigenvalue weighted by Crippen LogP contribution is 2.32. The van der Waals surface area contributed by atoms with E-state index in [0.29, 0.717) is 25.0 Å². The molecule has 0 unspecified atom stereocenters. The van der Waals surface area contributed by atoms with Crippen LogP contribution >= 0.6 is 0 Å². The van der Waals surface area contributed by atoms with E-state index in [1.807, 2.05) is 0 Å². The fourth-order valence-electron chi connectivity index (χ4n) is 4.06. The first kappa shape index (κ1) is 21.4. The van der Waals surface area contributed by atoms with E-state index in [1.54, 1.807) is 0 Å². The normalized spacial score (nSPS) is 20.7. The Labute approximate surface area is 172 Å². The van der Waals surface area contributed by atoms with Crippen LogP contribution in [0.25, 0.3) is 0 Å². The van der Waals surface area contributed by atoms with Gasteiger partial charge in [0.1, 0.15) is 17.7 Å². The number of fused-ring (bicyclic) bond motifs is 1. The molecule has 31 heavy (non-hydrogen) atoms. The van der Waals surface area contributed by atoms with Gasteiger partial charge >= 0.3 is 11.9 Å². The van der Waals surface area contributed by atoms with Gasteiger partial charge in [-0.3, -0.25) is 9.36 Å². The summed E-state index contributed by atoms with van der Waals surface area (Å²) in [5, 5.41) is 4.14. The van der Waals surface area contributed by atoms with Crippen molar-refractivity contribution >= 4 is 5.91 Å². The average Bonchev–Trinajstić information content (AvgIpc) is 3.19. The molecule has 4 rings (SSSR count). The fourth-order valence-corrected chi connectivity index (χ4v) is 4.06. The topological polar surface area (TPSA) is 60.1 Å². The largest absolute Gasteiger partial charge is 0.419 e. The molecule has 2 aromatic rings. The van der Waals surface area contributed by atoms with Crippen molar-refractivity contribution in [2.24, 2.45) is 0 Å². The molecule has 0 spiro atoms. The minimum Gasteiger partial charge on any atom is -0.335 e. The van der Waals surface area contributed by atoms with Crippen LogP contribution in [0.3, 0.4) is 0 Å². The lowest BCUT2D eigenvalue weighted by molar-refractivity contribution is -0.140. The summed E-state index contributed by atoms with van der Waals surface area (Å²) >= 11 is 0. The molecule has 0 aliphatic carbocycles. The number of alkyl halides is 5. The third-order valence-corrected chi connectivity index (χ3v) is 5.57. The molecule has 1 fully saturated rings. The molecule has 0 radical (unpaired) electrons. The number of aryl methyl sites for hydroxylation is 1. The smallest absolute Gasteiger partial charge is 0.335 e. The van der Waals surface area contributed by atoms with E-state index in [-0.39, 0.29) is 30.9 Å². The van der Waals surface area contributed by atoms with Crippen molar-refractivity contribution in [3.05, 3.63) is 51.5 Å². The zero-order chi connectivity index (χ0) is 22.6. The zero-order valence-corrected chi connectivity index (χ0v) is 16.1. The first-order valence-electron chi connectivity index (χ1n) is 9.67. The number of nitrogens with zero attached hydrogens (tertiary/aromatic N) is 4. The van der Waals surface area contributed by atoms with Gasteiger partial charge in [-0.2, -0.15) is 18.3 Å². The number of amides is 1. The number of carbonyl (C=O) groups excluding carboxylic acids is 1. The summed E-state index contributed by atoms with van der Waals surface area (Å²) in [6, 6.07) is 1.35. The lowest BCUT2D eigenvalue weighted by Gasteiger charge is -2.27. The van der Waals surface area contributed by atoms with Crippen molar-refractivity contribution in [1.29, 1.82) is 0 Å². The van der Waals surface area contributed by atoms with Gasteiger partial charge in [0.2, 0.25) is 5.91 Å². The average molecular weight is 448 g/mol. The third-order valence-electron chi connectivity index (χ3n) is 5.57. The number of hydrogen-bond donors (Lipinski definition) is 0. The van der Waals surface area contributed by atoms with Gasteiger partial charge in [-0.1, -0.05) is 6.07 Å². The van der Waals surface area contributed by atoms with Gasteiger partial charge in [0.25, 0.3) is 5.92 Å². The van der Waals surface area contributed by atoms with E-state index in [1.165, 1.54) is 0 Å². The zero-order valence-electron chi connectivity index (χ0n) is 16.1. The molecule has 168 valence electrons. The Bertz CT molecular complexity index is 1070. The molecule has 12 heteroatoms. The molecule has 1 aromatic carbocycles. The minimum absolute atomic E-state index is 0.0881. The van der Waals surface area contributed by atoms with Gasteiger partial charge in [-0.15, -0.1) is 0 Å². The number of rotatable bonds is 3. The minimum atomic E-state index is -4.84. The van der Waals surface area contributed by atoms with Crippen LogP contribution in [-0.4, -0.2) is 44.2 Å². The first-order chi connectivity index (χ1) is 14.5. The van der Waals surface area contributed by atoms with Crippen molar-refractivity contribution in [1.82, 2.24) is 19.2 Å². The van der Waals surface area contributed by atoms with Crippen molar-refractivity contribution in [3.8, 4) is 0 Å². The molecular weight excluding hydrogens is 430 g/mol. The van der Waals surface area contributed by atoms with Crippen LogP contribution in [0, 0.1) is 5.82 Å². The van der Waals surface area contributed by atoms with Gasteiger partial charge in [0, 0.05) is 19.4 Å². The number of carbonyl (C=O) groups is 1. The number of benzene rings is 1. The molecule has 1 aromatic heterocycles. The van der Waals surface area contributed by atoms with Crippen molar-refractivity contribution < 1.29 is 31.1 Å². The first-order valence-corrected chi connectivity index (χ1v) is 9.67. The van der Waals surface area contributed by atoms with Crippen molar-refractivity contribution in [3.63, 3.8) is 0 Å². The lowest BCUT2D eigenvalue weighted by atomic mass is 10.0. The second-order valence-electron chi connectivity index (χ2n) is 7.81. The molecule has 1 atom stereocenters. The standard InChI is InChI=1S/C19H18F6N4O2/c20-13-8-11(4-5-12(13)19(23,24)25)9-28-17(31)29-14(2-1-3-15(29)26-28)16(30)27-7-6-18(21,22)10-27/h4-5,8,14H,1-3,6-7,9-10H2/t14-/m0/s1.